The van der Waals surface area contributed by atoms with Crippen LogP contribution in [0.4, 0.5) is 5.69 Å². The number of hydrogen-bond donors (Lipinski definition) is 2. The van der Waals surface area contributed by atoms with E-state index in [-0.39, 0.29) is 18.0 Å². The molecule has 1 amide bonds. The summed E-state index contributed by atoms with van der Waals surface area (Å²) in [5.41, 5.74) is 7.79. The first-order valence-electron chi connectivity index (χ1n) is 7.14. The summed E-state index contributed by atoms with van der Waals surface area (Å²) in [6, 6.07) is 6.00. The third-order valence-corrected chi connectivity index (χ3v) is 4.22. The fourth-order valence-electron chi connectivity index (χ4n) is 3.14. The number of aromatic nitrogens is 2. The molecule has 5 nitrogen and oxygen atoms in total. The quantitative estimate of drug-likeness (QED) is 0.783. The zero-order chi connectivity index (χ0) is 14.3. The van der Waals surface area contributed by atoms with Gasteiger partial charge in [-0.05, 0) is 51.3 Å². The Morgan fingerprint density at radius 3 is 2.75 bits per heavy atom. The number of nitrogens with two attached hydrogens (primary N) is 1. The number of aromatic amines is 1. The zero-order valence-corrected chi connectivity index (χ0v) is 11.9. The molecule has 3 N–H and O–H groups in total. The van der Waals surface area contributed by atoms with Crippen molar-refractivity contribution in [3.8, 4) is 0 Å². The fraction of sp³-hybridized carbons (Fsp3) is 0.467. The van der Waals surface area contributed by atoms with E-state index in [2.05, 4.69) is 24.0 Å². The van der Waals surface area contributed by atoms with Crippen LogP contribution in [0.1, 0.15) is 43.6 Å². The van der Waals surface area contributed by atoms with Crippen molar-refractivity contribution >= 4 is 22.5 Å². The van der Waals surface area contributed by atoms with Gasteiger partial charge in [0.25, 0.3) is 5.91 Å². The zero-order valence-electron chi connectivity index (χ0n) is 11.9. The second kappa shape index (κ2) is 4.81. The van der Waals surface area contributed by atoms with Crippen molar-refractivity contribution in [3.63, 3.8) is 0 Å². The molecule has 0 bridgehead atoms. The van der Waals surface area contributed by atoms with E-state index in [0.29, 0.717) is 11.4 Å². The first kappa shape index (κ1) is 13.0. The lowest BCUT2D eigenvalue weighted by atomic mass is 9.97. The van der Waals surface area contributed by atoms with Crippen molar-refractivity contribution in [3.05, 3.63) is 23.9 Å². The summed E-state index contributed by atoms with van der Waals surface area (Å²) in [6.45, 7) is 4.22. The summed E-state index contributed by atoms with van der Waals surface area (Å²) in [5.74, 6) is 0.00144. The Kier molecular flexibility index (Phi) is 3.12. The molecule has 2 atom stereocenters. The molecule has 0 spiro atoms. The van der Waals surface area contributed by atoms with Crippen molar-refractivity contribution in [2.45, 2.75) is 45.2 Å². The van der Waals surface area contributed by atoms with Crippen LogP contribution in [0.5, 0.6) is 0 Å². The molecule has 1 aliphatic heterocycles. The minimum atomic E-state index is 0.00144. The average molecular weight is 272 g/mol. The van der Waals surface area contributed by atoms with Crippen LogP contribution in [-0.4, -0.2) is 33.1 Å². The van der Waals surface area contributed by atoms with Gasteiger partial charge in [0.1, 0.15) is 0 Å². The second-order valence-electron chi connectivity index (χ2n) is 5.72. The molecule has 3 rings (SSSR count). The number of carbonyl (C=O) groups excluding carboxylic acids is 1. The summed E-state index contributed by atoms with van der Waals surface area (Å²) >= 11 is 0. The van der Waals surface area contributed by atoms with E-state index in [1.165, 1.54) is 6.42 Å². The normalized spacial score (nSPS) is 23.2. The van der Waals surface area contributed by atoms with Crippen molar-refractivity contribution in [2.24, 2.45) is 0 Å². The largest absolute Gasteiger partial charge is 0.399 e. The molecule has 2 aromatic rings. The van der Waals surface area contributed by atoms with Crippen LogP contribution in [0.25, 0.3) is 10.9 Å². The molecule has 106 valence electrons. The van der Waals surface area contributed by atoms with Crippen molar-refractivity contribution in [1.82, 2.24) is 15.1 Å². The van der Waals surface area contributed by atoms with Crippen LogP contribution >= 0.6 is 0 Å². The maximum atomic E-state index is 12.8. The topological polar surface area (TPSA) is 75.0 Å². The van der Waals surface area contributed by atoms with Gasteiger partial charge in [-0.3, -0.25) is 9.89 Å². The SMILES string of the molecule is C[C@@H]1CCC[C@H](C)N1C(=O)c1n[nH]c2ccc(N)cc12. The van der Waals surface area contributed by atoms with Gasteiger partial charge < -0.3 is 10.6 Å². The molecular weight excluding hydrogens is 252 g/mol. The van der Waals surface area contributed by atoms with Crippen LogP contribution in [0.15, 0.2) is 18.2 Å². The van der Waals surface area contributed by atoms with Crippen molar-refractivity contribution in [1.29, 1.82) is 0 Å². The smallest absolute Gasteiger partial charge is 0.275 e. The second-order valence-corrected chi connectivity index (χ2v) is 5.72. The molecule has 0 saturated carbocycles. The van der Waals surface area contributed by atoms with Gasteiger partial charge in [0.15, 0.2) is 5.69 Å². The Labute approximate surface area is 118 Å². The number of anilines is 1. The van der Waals surface area contributed by atoms with Gasteiger partial charge in [0.05, 0.1) is 5.52 Å². The predicted octanol–water partition coefficient (Wildman–Crippen LogP) is 2.55. The number of nitrogens with one attached hydrogen (secondary N) is 1. The standard InChI is InChI=1S/C15H20N4O/c1-9-4-3-5-10(2)19(9)15(20)14-12-8-11(16)6-7-13(12)17-18-14/h6-10H,3-5,16H2,1-2H3,(H,17,18)/t9-,10+. The van der Waals surface area contributed by atoms with Gasteiger partial charge in [-0.1, -0.05) is 0 Å². The van der Waals surface area contributed by atoms with Crippen LogP contribution in [0.3, 0.4) is 0 Å². The number of piperidine rings is 1. The minimum absolute atomic E-state index is 0.00144. The Balaban J connectivity index is 2.01. The van der Waals surface area contributed by atoms with Crippen LogP contribution in [0.2, 0.25) is 0 Å². The highest BCUT2D eigenvalue weighted by molar-refractivity contribution is 6.05. The molecule has 1 aromatic carbocycles. The highest BCUT2D eigenvalue weighted by Crippen LogP contribution is 2.27. The number of benzene rings is 1. The monoisotopic (exact) mass is 272 g/mol. The Morgan fingerprint density at radius 2 is 2.05 bits per heavy atom. The maximum absolute atomic E-state index is 12.8. The molecule has 1 aliphatic rings. The van der Waals surface area contributed by atoms with Gasteiger partial charge in [-0.25, -0.2) is 0 Å². The van der Waals surface area contributed by atoms with E-state index in [1.54, 1.807) is 6.07 Å². The van der Waals surface area contributed by atoms with E-state index in [4.69, 9.17) is 5.73 Å². The summed E-state index contributed by atoms with van der Waals surface area (Å²) in [5, 5.41) is 7.93. The van der Waals surface area contributed by atoms with E-state index >= 15 is 0 Å². The third-order valence-electron chi connectivity index (χ3n) is 4.22. The van der Waals surface area contributed by atoms with E-state index < -0.39 is 0 Å². The third kappa shape index (κ3) is 2.03. The summed E-state index contributed by atoms with van der Waals surface area (Å²) in [6.07, 6.45) is 3.29. The van der Waals surface area contributed by atoms with Crippen LogP contribution in [-0.2, 0) is 0 Å². The number of nitrogen functional groups attached to an aromatic ring is 1. The number of rotatable bonds is 1. The molecule has 0 unspecified atom stereocenters. The molecule has 1 fully saturated rings. The molecule has 0 radical (unpaired) electrons. The lowest BCUT2D eigenvalue weighted by Gasteiger charge is -2.38. The van der Waals surface area contributed by atoms with Gasteiger partial charge in [0.2, 0.25) is 0 Å². The van der Waals surface area contributed by atoms with Gasteiger partial charge in [-0.2, -0.15) is 5.10 Å². The highest BCUT2D eigenvalue weighted by atomic mass is 16.2. The Morgan fingerprint density at radius 1 is 1.35 bits per heavy atom. The first-order chi connectivity index (χ1) is 9.58. The Hall–Kier alpha value is -2.04. The van der Waals surface area contributed by atoms with Crippen LogP contribution < -0.4 is 5.73 Å². The number of amides is 1. The number of carbonyl (C=O) groups is 1. The summed E-state index contributed by atoms with van der Waals surface area (Å²) in [4.78, 5) is 14.8. The summed E-state index contributed by atoms with van der Waals surface area (Å²) < 4.78 is 0. The van der Waals surface area contributed by atoms with E-state index in [0.717, 1.165) is 23.7 Å². The number of nitrogens with zero attached hydrogens (tertiary/aromatic N) is 2. The molecular formula is C15H20N4O. The number of fused-ring (bicyclic) bond motifs is 1. The van der Waals surface area contributed by atoms with Gasteiger partial charge in [-0.15, -0.1) is 0 Å². The predicted molar refractivity (Wildman–Crippen MR) is 79.5 cm³/mol. The maximum Gasteiger partial charge on any atom is 0.275 e. The highest BCUT2D eigenvalue weighted by Gasteiger charge is 2.31. The molecule has 1 saturated heterocycles. The lowest BCUT2D eigenvalue weighted by Crippen LogP contribution is -2.47. The molecule has 20 heavy (non-hydrogen) atoms. The number of H-pyrrole nitrogens is 1. The van der Waals surface area contributed by atoms with Crippen molar-refractivity contribution in [2.75, 3.05) is 5.73 Å². The van der Waals surface area contributed by atoms with Crippen molar-refractivity contribution < 1.29 is 4.79 Å². The van der Waals surface area contributed by atoms with E-state index in [1.807, 2.05) is 17.0 Å². The summed E-state index contributed by atoms with van der Waals surface area (Å²) in [7, 11) is 0. The first-order valence-corrected chi connectivity index (χ1v) is 7.14. The van der Waals surface area contributed by atoms with Crippen LogP contribution in [0, 0.1) is 0 Å². The molecule has 2 heterocycles. The number of likely N-dealkylation sites (tertiary alicyclic amines) is 1. The lowest BCUT2D eigenvalue weighted by molar-refractivity contribution is 0.0506. The molecule has 0 aliphatic carbocycles. The Bertz CT molecular complexity index is 638. The molecule has 5 heteroatoms. The average Bonchev–Trinajstić information content (AvgIpc) is 2.81. The minimum Gasteiger partial charge on any atom is -0.399 e. The van der Waals surface area contributed by atoms with E-state index in [9.17, 15) is 4.79 Å². The fourth-order valence-corrected chi connectivity index (χ4v) is 3.14. The van der Waals surface area contributed by atoms with Gasteiger partial charge in [0, 0.05) is 23.2 Å². The number of hydrogen-bond acceptors (Lipinski definition) is 3. The molecule has 1 aromatic heterocycles. The van der Waals surface area contributed by atoms with Gasteiger partial charge >= 0.3 is 0 Å².